The van der Waals surface area contributed by atoms with E-state index in [0.29, 0.717) is 24.4 Å². The molecule has 0 bridgehead atoms. The summed E-state index contributed by atoms with van der Waals surface area (Å²) in [5.74, 6) is 0.841. The highest BCUT2D eigenvalue weighted by Gasteiger charge is 2.58. The maximum absolute atomic E-state index is 14.0. The molecule has 0 N–H and O–H groups in total. The zero-order chi connectivity index (χ0) is 22.6. The van der Waals surface area contributed by atoms with E-state index >= 15 is 0 Å². The Labute approximate surface area is 197 Å². The second kappa shape index (κ2) is 8.38. The molecule has 5 fully saturated rings. The molecule has 6 rings (SSSR count). The van der Waals surface area contributed by atoms with Gasteiger partial charge in [-0.05, 0) is 64.0 Å². The number of nitrogens with zero attached hydrogens (tertiary/aromatic N) is 3. The Morgan fingerprint density at radius 1 is 1.09 bits per heavy atom. The van der Waals surface area contributed by atoms with E-state index in [1.165, 1.54) is 5.56 Å². The Kier molecular flexibility index (Phi) is 5.49. The molecule has 0 unspecified atom stereocenters. The monoisotopic (exact) mass is 451 g/mol. The lowest BCUT2D eigenvalue weighted by molar-refractivity contribution is -0.147. The second-order valence-electron chi connectivity index (χ2n) is 11.2. The van der Waals surface area contributed by atoms with E-state index in [1.54, 1.807) is 0 Å². The average molecular weight is 452 g/mol. The van der Waals surface area contributed by atoms with E-state index in [1.807, 2.05) is 4.90 Å². The molecule has 1 spiro atoms. The van der Waals surface area contributed by atoms with Gasteiger partial charge in [0.25, 0.3) is 0 Å². The number of benzene rings is 1. The van der Waals surface area contributed by atoms with Crippen molar-refractivity contribution in [2.45, 2.75) is 93.4 Å². The third-order valence-corrected chi connectivity index (χ3v) is 9.29. The van der Waals surface area contributed by atoms with Crippen molar-refractivity contribution in [2.75, 3.05) is 26.8 Å². The number of hydrogen-bond acceptors (Lipinski definition) is 4. The van der Waals surface area contributed by atoms with Gasteiger partial charge >= 0.3 is 0 Å². The standard InChI is InChI=1S/C27H37N3O3/c1-28(23-17-33-18-23)21-8-5-9-25(31)30-22(14-21)10-11-24(30)26(32)29-16-20(15-27(29)12-13-27)19-6-3-2-4-7-19/h2-4,6-7,20-24H,5,8-18H2,1H3/t20-,21+,22-,24+/m1/s1. The number of rotatable bonds is 4. The van der Waals surface area contributed by atoms with Crippen LogP contribution in [0.4, 0.5) is 0 Å². The highest BCUT2D eigenvalue weighted by Crippen LogP contribution is 2.54. The first-order valence-corrected chi connectivity index (χ1v) is 13.0. The summed E-state index contributed by atoms with van der Waals surface area (Å²) in [5, 5.41) is 0. The molecule has 0 aromatic heterocycles. The van der Waals surface area contributed by atoms with Crippen LogP contribution in [0, 0.1) is 0 Å². The largest absolute Gasteiger partial charge is 0.378 e. The number of carbonyl (C=O) groups excluding carboxylic acids is 2. The van der Waals surface area contributed by atoms with Gasteiger partial charge in [0.2, 0.25) is 11.8 Å². The summed E-state index contributed by atoms with van der Waals surface area (Å²) in [5.41, 5.74) is 1.39. The van der Waals surface area contributed by atoms with Crippen molar-refractivity contribution in [3.63, 3.8) is 0 Å². The van der Waals surface area contributed by atoms with E-state index in [9.17, 15) is 9.59 Å². The summed E-state index contributed by atoms with van der Waals surface area (Å²) in [4.78, 5) is 33.9. The summed E-state index contributed by atoms with van der Waals surface area (Å²) in [6.07, 6.45) is 8.61. The lowest BCUT2D eigenvalue weighted by Crippen LogP contribution is -2.56. The van der Waals surface area contributed by atoms with Crippen molar-refractivity contribution < 1.29 is 14.3 Å². The van der Waals surface area contributed by atoms with Gasteiger partial charge in [-0.15, -0.1) is 0 Å². The number of carbonyl (C=O) groups is 2. The van der Waals surface area contributed by atoms with Crippen LogP contribution in [-0.4, -0.2) is 83.0 Å². The molecule has 5 aliphatic rings. The first kappa shape index (κ1) is 21.6. The fourth-order valence-corrected chi connectivity index (χ4v) is 7.03. The third kappa shape index (κ3) is 3.79. The van der Waals surface area contributed by atoms with E-state index in [-0.39, 0.29) is 29.4 Å². The normalized spacial score (nSPS) is 33.7. The summed E-state index contributed by atoms with van der Waals surface area (Å²) in [7, 11) is 2.22. The molecule has 4 aliphatic heterocycles. The predicted octanol–water partition coefficient (Wildman–Crippen LogP) is 3.17. The van der Waals surface area contributed by atoms with E-state index in [0.717, 1.165) is 71.1 Å². The van der Waals surface area contributed by atoms with Gasteiger partial charge in [-0.25, -0.2) is 0 Å². The van der Waals surface area contributed by atoms with Crippen molar-refractivity contribution in [3.05, 3.63) is 35.9 Å². The predicted molar refractivity (Wildman–Crippen MR) is 126 cm³/mol. The van der Waals surface area contributed by atoms with Gasteiger partial charge in [0, 0.05) is 36.5 Å². The molecule has 33 heavy (non-hydrogen) atoms. The molecule has 1 saturated carbocycles. The number of amides is 2. The molecule has 6 heteroatoms. The quantitative estimate of drug-likeness (QED) is 0.706. The van der Waals surface area contributed by atoms with E-state index < -0.39 is 0 Å². The first-order valence-electron chi connectivity index (χ1n) is 13.0. The molecular formula is C27H37N3O3. The molecular weight excluding hydrogens is 414 g/mol. The fourth-order valence-electron chi connectivity index (χ4n) is 7.03. The van der Waals surface area contributed by atoms with Gasteiger partial charge in [-0.1, -0.05) is 30.3 Å². The molecule has 2 amide bonds. The lowest BCUT2D eigenvalue weighted by Gasteiger charge is -2.43. The maximum Gasteiger partial charge on any atom is 0.245 e. The Balaban J connectivity index is 1.19. The van der Waals surface area contributed by atoms with Crippen LogP contribution in [0.1, 0.15) is 69.3 Å². The molecule has 1 aliphatic carbocycles. The Hall–Kier alpha value is -1.92. The molecule has 4 atom stereocenters. The van der Waals surface area contributed by atoms with Crippen LogP contribution in [0.15, 0.2) is 30.3 Å². The Bertz CT molecular complexity index is 897. The molecule has 1 aromatic carbocycles. The van der Waals surface area contributed by atoms with Crippen LogP contribution < -0.4 is 0 Å². The van der Waals surface area contributed by atoms with Crippen LogP contribution in [0.2, 0.25) is 0 Å². The summed E-state index contributed by atoms with van der Waals surface area (Å²) < 4.78 is 5.42. The number of likely N-dealkylation sites (N-methyl/N-ethyl adjacent to an activating group) is 1. The first-order chi connectivity index (χ1) is 16.1. The van der Waals surface area contributed by atoms with Crippen molar-refractivity contribution in [1.29, 1.82) is 0 Å². The Morgan fingerprint density at radius 3 is 2.58 bits per heavy atom. The summed E-state index contributed by atoms with van der Waals surface area (Å²) in [6, 6.07) is 11.6. The summed E-state index contributed by atoms with van der Waals surface area (Å²) >= 11 is 0. The van der Waals surface area contributed by atoms with Gasteiger partial charge in [0.05, 0.1) is 19.3 Å². The molecule has 1 aromatic rings. The lowest BCUT2D eigenvalue weighted by atomic mass is 9.94. The van der Waals surface area contributed by atoms with Gasteiger partial charge in [-0.2, -0.15) is 0 Å². The zero-order valence-corrected chi connectivity index (χ0v) is 19.8. The highest BCUT2D eigenvalue weighted by molar-refractivity contribution is 5.89. The minimum Gasteiger partial charge on any atom is -0.378 e. The van der Waals surface area contributed by atoms with Gasteiger partial charge in [-0.3, -0.25) is 14.5 Å². The SMILES string of the molecule is CN(C1COC1)[C@H]1CCCC(=O)N2[C@H](CC[C@H]2C(=O)N2C[C@H](c3ccccc3)CC23CC3)C1. The summed E-state index contributed by atoms with van der Waals surface area (Å²) in [6.45, 7) is 2.45. The zero-order valence-electron chi connectivity index (χ0n) is 19.8. The number of hydrogen-bond donors (Lipinski definition) is 0. The maximum atomic E-state index is 14.0. The number of ether oxygens (including phenoxy) is 1. The molecule has 0 radical (unpaired) electrons. The number of likely N-dealkylation sites (tertiary alicyclic amines) is 1. The van der Waals surface area contributed by atoms with Gasteiger partial charge in [0.15, 0.2) is 0 Å². The van der Waals surface area contributed by atoms with Crippen molar-refractivity contribution in [1.82, 2.24) is 14.7 Å². The van der Waals surface area contributed by atoms with Crippen LogP contribution in [-0.2, 0) is 14.3 Å². The van der Waals surface area contributed by atoms with Gasteiger partial charge < -0.3 is 14.5 Å². The minimum atomic E-state index is -0.259. The van der Waals surface area contributed by atoms with Crippen molar-refractivity contribution in [2.24, 2.45) is 0 Å². The topological polar surface area (TPSA) is 53.1 Å². The highest BCUT2D eigenvalue weighted by atomic mass is 16.5. The van der Waals surface area contributed by atoms with Crippen LogP contribution in [0.25, 0.3) is 0 Å². The average Bonchev–Trinajstić information content (AvgIpc) is 3.26. The van der Waals surface area contributed by atoms with Crippen LogP contribution in [0.5, 0.6) is 0 Å². The van der Waals surface area contributed by atoms with Crippen LogP contribution in [0.3, 0.4) is 0 Å². The fraction of sp³-hybridized carbons (Fsp3) is 0.704. The smallest absolute Gasteiger partial charge is 0.245 e. The molecule has 4 heterocycles. The number of fused-ring (bicyclic) bond motifs is 1. The van der Waals surface area contributed by atoms with Crippen molar-refractivity contribution in [3.8, 4) is 0 Å². The van der Waals surface area contributed by atoms with E-state index in [2.05, 4.69) is 47.2 Å². The second-order valence-corrected chi connectivity index (χ2v) is 11.2. The molecule has 6 nitrogen and oxygen atoms in total. The minimum absolute atomic E-state index is 0.0500. The molecule has 4 saturated heterocycles. The van der Waals surface area contributed by atoms with Crippen LogP contribution >= 0.6 is 0 Å². The molecule has 178 valence electrons. The Morgan fingerprint density at radius 2 is 1.88 bits per heavy atom. The van der Waals surface area contributed by atoms with E-state index in [4.69, 9.17) is 4.74 Å². The van der Waals surface area contributed by atoms with Crippen molar-refractivity contribution >= 4 is 11.8 Å². The van der Waals surface area contributed by atoms with Gasteiger partial charge in [0.1, 0.15) is 6.04 Å². The third-order valence-electron chi connectivity index (χ3n) is 9.29.